The Morgan fingerprint density at radius 3 is 2.62 bits per heavy atom. The standard InChI is InChI=1S/C13H15Cl2NO5/c1-7(12(17)16-9(6-20-2)13(18)19)21-10-5-3-4-8(14)11(10)15/h3-5,7,9H,6H2,1-2H3,(H,16,17)(H,18,19). The van der Waals surface area contributed by atoms with Crippen molar-refractivity contribution < 1.29 is 24.2 Å². The van der Waals surface area contributed by atoms with Gasteiger partial charge >= 0.3 is 5.97 Å². The number of benzene rings is 1. The van der Waals surface area contributed by atoms with Gasteiger partial charge in [-0.3, -0.25) is 4.79 Å². The molecule has 1 aromatic carbocycles. The van der Waals surface area contributed by atoms with Gasteiger partial charge in [-0.25, -0.2) is 4.79 Å². The highest BCUT2D eigenvalue weighted by atomic mass is 35.5. The highest BCUT2D eigenvalue weighted by Gasteiger charge is 2.24. The van der Waals surface area contributed by atoms with Crippen molar-refractivity contribution in [1.29, 1.82) is 0 Å². The van der Waals surface area contributed by atoms with E-state index in [0.29, 0.717) is 5.02 Å². The van der Waals surface area contributed by atoms with E-state index in [0.717, 1.165) is 0 Å². The van der Waals surface area contributed by atoms with Crippen LogP contribution in [0, 0.1) is 0 Å². The summed E-state index contributed by atoms with van der Waals surface area (Å²) in [5, 5.41) is 11.7. The Labute approximate surface area is 131 Å². The molecule has 0 bridgehead atoms. The minimum Gasteiger partial charge on any atom is -0.480 e. The van der Waals surface area contributed by atoms with Crippen LogP contribution in [-0.2, 0) is 14.3 Å². The maximum Gasteiger partial charge on any atom is 0.328 e. The third-order valence-corrected chi connectivity index (χ3v) is 3.34. The Morgan fingerprint density at radius 1 is 1.38 bits per heavy atom. The van der Waals surface area contributed by atoms with Crippen molar-refractivity contribution in [2.45, 2.75) is 19.1 Å². The average molecular weight is 336 g/mol. The van der Waals surface area contributed by atoms with Gasteiger partial charge in [-0.1, -0.05) is 29.3 Å². The molecule has 1 aromatic rings. The van der Waals surface area contributed by atoms with Crippen LogP contribution in [-0.4, -0.2) is 42.8 Å². The van der Waals surface area contributed by atoms with Crippen LogP contribution in [0.25, 0.3) is 0 Å². The molecule has 0 fully saturated rings. The minimum absolute atomic E-state index is 0.147. The zero-order valence-corrected chi connectivity index (χ0v) is 12.9. The van der Waals surface area contributed by atoms with E-state index in [9.17, 15) is 9.59 Å². The first-order chi connectivity index (χ1) is 9.86. The third-order valence-electron chi connectivity index (χ3n) is 2.54. The Morgan fingerprint density at radius 2 is 2.05 bits per heavy atom. The predicted molar refractivity (Wildman–Crippen MR) is 78.0 cm³/mol. The van der Waals surface area contributed by atoms with Crippen molar-refractivity contribution in [2.75, 3.05) is 13.7 Å². The van der Waals surface area contributed by atoms with Crippen LogP contribution in [0.2, 0.25) is 10.0 Å². The first-order valence-electron chi connectivity index (χ1n) is 5.99. The number of carboxylic acid groups (broad SMARTS) is 1. The van der Waals surface area contributed by atoms with Crippen molar-refractivity contribution in [2.24, 2.45) is 0 Å². The van der Waals surface area contributed by atoms with Crippen molar-refractivity contribution in [3.8, 4) is 5.75 Å². The molecule has 0 aromatic heterocycles. The molecule has 0 heterocycles. The molecular formula is C13H15Cl2NO5. The van der Waals surface area contributed by atoms with Gasteiger partial charge in [0.05, 0.1) is 11.6 Å². The summed E-state index contributed by atoms with van der Waals surface area (Å²) < 4.78 is 10.1. The number of hydrogen-bond acceptors (Lipinski definition) is 4. The second-order valence-electron chi connectivity index (χ2n) is 4.17. The largest absolute Gasteiger partial charge is 0.480 e. The van der Waals surface area contributed by atoms with Gasteiger partial charge < -0.3 is 19.9 Å². The summed E-state index contributed by atoms with van der Waals surface area (Å²) >= 11 is 11.8. The highest BCUT2D eigenvalue weighted by molar-refractivity contribution is 6.42. The zero-order valence-electron chi connectivity index (χ0n) is 11.4. The number of aliphatic carboxylic acids is 1. The number of methoxy groups -OCH3 is 1. The number of carbonyl (C=O) groups excluding carboxylic acids is 1. The smallest absolute Gasteiger partial charge is 0.328 e. The maximum atomic E-state index is 11.9. The van der Waals surface area contributed by atoms with Gasteiger partial charge in [0.1, 0.15) is 10.8 Å². The van der Waals surface area contributed by atoms with Crippen LogP contribution >= 0.6 is 23.2 Å². The molecule has 1 rings (SSSR count). The normalized spacial score (nSPS) is 13.3. The molecule has 0 aliphatic carbocycles. The van der Waals surface area contributed by atoms with Crippen LogP contribution in [0.5, 0.6) is 5.75 Å². The van der Waals surface area contributed by atoms with Gasteiger partial charge in [-0.2, -0.15) is 0 Å². The Bertz CT molecular complexity index is 523. The van der Waals surface area contributed by atoms with Crippen LogP contribution in [0.3, 0.4) is 0 Å². The summed E-state index contributed by atoms with van der Waals surface area (Å²) in [5.74, 6) is -1.56. The second-order valence-corrected chi connectivity index (χ2v) is 4.95. The molecule has 116 valence electrons. The van der Waals surface area contributed by atoms with Gasteiger partial charge in [0, 0.05) is 7.11 Å². The van der Waals surface area contributed by atoms with E-state index >= 15 is 0 Å². The SMILES string of the molecule is COCC(NC(=O)C(C)Oc1cccc(Cl)c1Cl)C(=O)O. The van der Waals surface area contributed by atoms with Crippen LogP contribution in [0.15, 0.2) is 18.2 Å². The predicted octanol–water partition coefficient (Wildman–Crippen LogP) is 1.98. The minimum atomic E-state index is -1.20. The Balaban J connectivity index is 2.70. The number of rotatable bonds is 7. The first kappa shape index (κ1) is 17.6. The number of amides is 1. The molecule has 0 aliphatic rings. The van der Waals surface area contributed by atoms with Gasteiger partial charge in [-0.05, 0) is 19.1 Å². The molecule has 2 unspecified atom stereocenters. The molecular weight excluding hydrogens is 321 g/mol. The molecule has 6 nitrogen and oxygen atoms in total. The first-order valence-corrected chi connectivity index (χ1v) is 6.75. The zero-order chi connectivity index (χ0) is 16.0. The third kappa shape index (κ3) is 5.08. The van der Waals surface area contributed by atoms with E-state index in [4.69, 9.17) is 37.8 Å². The molecule has 0 spiro atoms. The number of halogens is 2. The van der Waals surface area contributed by atoms with Crippen molar-refractivity contribution in [1.82, 2.24) is 5.32 Å². The summed E-state index contributed by atoms with van der Waals surface area (Å²) in [6.07, 6.45) is -0.945. The van der Waals surface area contributed by atoms with Crippen molar-refractivity contribution in [3.05, 3.63) is 28.2 Å². The van der Waals surface area contributed by atoms with Crippen LogP contribution in [0.1, 0.15) is 6.92 Å². The molecule has 0 radical (unpaired) electrons. The quantitative estimate of drug-likeness (QED) is 0.795. The fourth-order valence-electron chi connectivity index (χ4n) is 1.45. The van der Waals surface area contributed by atoms with Crippen LogP contribution in [0.4, 0.5) is 0 Å². The Hall–Kier alpha value is -1.50. The summed E-state index contributed by atoms with van der Waals surface area (Å²) in [5.41, 5.74) is 0. The van der Waals surface area contributed by atoms with E-state index in [1.54, 1.807) is 18.2 Å². The number of ether oxygens (including phenoxy) is 2. The maximum absolute atomic E-state index is 11.9. The fourth-order valence-corrected chi connectivity index (χ4v) is 1.79. The van der Waals surface area contributed by atoms with E-state index in [1.165, 1.54) is 14.0 Å². The number of hydrogen-bond donors (Lipinski definition) is 2. The summed E-state index contributed by atoms with van der Waals surface area (Å²) in [6.45, 7) is 1.32. The lowest BCUT2D eigenvalue weighted by atomic mass is 10.2. The Kier molecular flexibility index (Phi) is 6.74. The van der Waals surface area contributed by atoms with Crippen LogP contribution < -0.4 is 10.1 Å². The number of carboxylic acids is 1. The molecule has 1 amide bonds. The van der Waals surface area contributed by atoms with E-state index in [2.05, 4.69) is 5.32 Å². The van der Waals surface area contributed by atoms with Crippen molar-refractivity contribution in [3.63, 3.8) is 0 Å². The van der Waals surface area contributed by atoms with Gasteiger partial charge in [-0.15, -0.1) is 0 Å². The highest BCUT2D eigenvalue weighted by Crippen LogP contribution is 2.32. The number of nitrogens with one attached hydrogen (secondary N) is 1. The van der Waals surface area contributed by atoms with E-state index in [-0.39, 0.29) is 17.4 Å². The lowest BCUT2D eigenvalue weighted by molar-refractivity contribution is -0.144. The summed E-state index contributed by atoms with van der Waals surface area (Å²) in [4.78, 5) is 22.8. The van der Waals surface area contributed by atoms with Gasteiger partial charge in [0.2, 0.25) is 0 Å². The summed E-state index contributed by atoms with van der Waals surface area (Å²) in [6, 6.07) is 3.62. The topological polar surface area (TPSA) is 84.9 Å². The van der Waals surface area contributed by atoms with Gasteiger partial charge in [0.25, 0.3) is 5.91 Å². The molecule has 8 heteroatoms. The van der Waals surface area contributed by atoms with Crippen molar-refractivity contribution >= 4 is 35.1 Å². The molecule has 0 saturated carbocycles. The fraction of sp³-hybridized carbons (Fsp3) is 0.385. The van der Waals surface area contributed by atoms with Gasteiger partial charge in [0.15, 0.2) is 12.1 Å². The lowest BCUT2D eigenvalue weighted by Crippen LogP contribution is -2.48. The molecule has 2 atom stereocenters. The number of carbonyl (C=O) groups is 2. The average Bonchev–Trinajstić information content (AvgIpc) is 2.43. The van der Waals surface area contributed by atoms with E-state index < -0.39 is 24.0 Å². The lowest BCUT2D eigenvalue weighted by Gasteiger charge is -2.19. The second kappa shape index (κ2) is 8.07. The molecule has 2 N–H and O–H groups in total. The van der Waals surface area contributed by atoms with E-state index in [1.807, 2.05) is 0 Å². The summed E-state index contributed by atoms with van der Waals surface area (Å²) in [7, 11) is 1.34. The molecule has 21 heavy (non-hydrogen) atoms. The molecule has 0 aliphatic heterocycles. The molecule has 0 saturated heterocycles. The monoisotopic (exact) mass is 335 g/mol.